The van der Waals surface area contributed by atoms with Crippen molar-refractivity contribution >= 4 is 0 Å². The zero-order valence-electron chi connectivity index (χ0n) is 12.9. The summed E-state index contributed by atoms with van der Waals surface area (Å²) in [6, 6.07) is 9.31. The van der Waals surface area contributed by atoms with Gasteiger partial charge >= 0.3 is 0 Å². The topological polar surface area (TPSA) is 24.5 Å². The van der Waals surface area contributed by atoms with Crippen molar-refractivity contribution in [3.05, 3.63) is 35.4 Å². The quantitative estimate of drug-likeness (QED) is 0.828. The molecular weight excluding hydrogens is 248 g/mol. The van der Waals surface area contributed by atoms with Gasteiger partial charge in [-0.3, -0.25) is 4.90 Å². The molecule has 1 aliphatic rings. The van der Waals surface area contributed by atoms with E-state index in [0.29, 0.717) is 6.04 Å². The van der Waals surface area contributed by atoms with E-state index < -0.39 is 0 Å². The van der Waals surface area contributed by atoms with E-state index in [2.05, 4.69) is 41.4 Å². The number of nitrogens with zero attached hydrogens (tertiary/aromatic N) is 1. The first-order chi connectivity index (χ1) is 9.83. The van der Waals surface area contributed by atoms with Crippen molar-refractivity contribution in [2.45, 2.75) is 38.8 Å². The van der Waals surface area contributed by atoms with Crippen LogP contribution in [0.3, 0.4) is 0 Å². The van der Waals surface area contributed by atoms with E-state index >= 15 is 0 Å². The highest BCUT2D eigenvalue weighted by Gasteiger charge is 2.17. The third kappa shape index (κ3) is 4.58. The molecule has 1 aromatic carbocycles. The predicted octanol–water partition coefficient (Wildman–Crippen LogP) is 2.45. The van der Waals surface area contributed by atoms with Crippen molar-refractivity contribution < 1.29 is 4.74 Å². The summed E-state index contributed by atoms with van der Waals surface area (Å²) in [6.45, 7) is 7.39. The van der Waals surface area contributed by atoms with Gasteiger partial charge in [-0.15, -0.1) is 0 Å². The van der Waals surface area contributed by atoms with Crippen LogP contribution < -0.4 is 5.32 Å². The lowest BCUT2D eigenvalue weighted by Crippen LogP contribution is -2.44. The molecule has 2 rings (SSSR count). The maximum atomic E-state index is 5.35. The summed E-state index contributed by atoms with van der Waals surface area (Å²) in [5.41, 5.74) is 3.02. The molecule has 1 unspecified atom stereocenters. The van der Waals surface area contributed by atoms with Gasteiger partial charge in [0.2, 0.25) is 0 Å². The number of aryl methyl sites for hydroxylation is 1. The van der Waals surface area contributed by atoms with Gasteiger partial charge in [0.25, 0.3) is 0 Å². The molecule has 3 heteroatoms. The van der Waals surface area contributed by atoms with E-state index in [-0.39, 0.29) is 0 Å². The Bertz CT molecular complexity index is 394. The van der Waals surface area contributed by atoms with Gasteiger partial charge in [0.15, 0.2) is 0 Å². The highest BCUT2D eigenvalue weighted by atomic mass is 16.5. The molecule has 112 valence electrons. The van der Waals surface area contributed by atoms with Crippen molar-refractivity contribution in [1.29, 1.82) is 0 Å². The average molecular weight is 276 g/mol. The van der Waals surface area contributed by atoms with Gasteiger partial charge in [-0.25, -0.2) is 0 Å². The Morgan fingerprint density at radius 2 is 2.10 bits per heavy atom. The highest BCUT2D eigenvalue weighted by molar-refractivity contribution is 5.28. The summed E-state index contributed by atoms with van der Waals surface area (Å²) in [4.78, 5) is 2.57. The normalized spacial score (nSPS) is 17.5. The third-order valence-electron chi connectivity index (χ3n) is 3.96. The minimum absolute atomic E-state index is 0.435. The van der Waals surface area contributed by atoms with E-state index in [1.165, 1.54) is 36.9 Å². The van der Waals surface area contributed by atoms with Gasteiger partial charge in [-0.2, -0.15) is 0 Å². The van der Waals surface area contributed by atoms with Crippen LogP contribution in [0.15, 0.2) is 24.3 Å². The number of methoxy groups -OCH3 is 1. The first-order valence-corrected chi connectivity index (χ1v) is 7.85. The van der Waals surface area contributed by atoms with E-state index in [0.717, 1.165) is 26.2 Å². The number of nitrogens with one attached hydrogen (secondary N) is 1. The minimum atomic E-state index is 0.435. The van der Waals surface area contributed by atoms with Crippen LogP contribution in [0, 0.1) is 0 Å². The number of ether oxygens (including phenoxy) is 1. The van der Waals surface area contributed by atoms with Crippen molar-refractivity contribution in [3.8, 4) is 0 Å². The van der Waals surface area contributed by atoms with Gasteiger partial charge in [0.05, 0.1) is 6.61 Å². The molecular formula is C17H28N2O. The second kappa shape index (κ2) is 8.40. The molecule has 1 N–H and O–H groups in total. The molecule has 0 saturated heterocycles. The fourth-order valence-electron chi connectivity index (χ4n) is 2.96. The molecule has 0 bridgehead atoms. The standard InChI is InChI=1S/C17H28N2O/c1-3-10-18-17(14-20-2)13-19-11-6-9-15-7-4-5-8-16(15)12-19/h4-5,7-8,17-18H,3,6,9-14H2,1-2H3. The number of rotatable bonds is 7. The molecule has 1 aliphatic heterocycles. The molecule has 0 amide bonds. The lowest BCUT2D eigenvalue weighted by Gasteiger charge is -2.27. The second-order valence-corrected chi connectivity index (χ2v) is 5.71. The van der Waals surface area contributed by atoms with Crippen molar-refractivity contribution in [2.75, 3.05) is 33.4 Å². The summed E-state index contributed by atoms with van der Waals surface area (Å²) in [7, 11) is 1.79. The first-order valence-electron chi connectivity index (χ1n) is 7.85. The Morgan fingerprint density at radius 3 is 2.85 bits per heavy atom. The molecule has 0 radical (unpaired) electrons. The summed E-state index contributed by atoms with van der Waals surface area (Å²) in [5, 5.41) is 3.60. The minimum Gasteiger partial charge on any atom is -0.383 e. The van der Waals surface area contributed by atoms with Crippen LogP contribution in [0.25, 0.3) is 0 Å². The summed E-state index contributed by atoms with van der Waals surface area (Å²) >= 11 is 0. The smallest absolute Gasteiger partial charge is 0.0628 e. The first kappa shape index (κ1) is 15.5. The maximum absolute atomic E-state index is 5.35. The Balaban J connectivity index is 1.94. The molecule has 1 aromatic rings. The maximum Gasteiger partial charge on any atom is 0.0628 e. The lowest BCUT2D eigenvalue weighted by atomic mass is 10.0. The molecule has 3 nitrogen and oxygen atoms in total. The van der Waals surface area contributed by atoms with Crippen LogP contribution in [0.5, 0.6) is 0 Å². The molecule has 1 atom stereocenters. The van der Waals surface area contributed by atoms with Gasteiger partial charge in [0, 0.05) is 26.2 Å². The number of benzene rings is 1. The fraction of sp³-hybridized carbons (Fsp3) is 0.647. The van der Waals surface area contributed by atoms with Crippen LogP contribution in [-0.2, 0) is 17.7 Å². The van der Waals surface area contributed by atoms with Gasteiger partial charge in [-0.05, 0) is 43.5 Å². The Morgan fingerprint density at radius 1 is 1.30 bits per heavy atom. The zero-order valence-corrected chi connectivity index (χ0v) is 12.9. The Kier molecular flexibility index (Phi) is 6.51. The second-order valence-electron chi connectivity index (χ2n) is 5.71. The molecule has 0 saturated carbocycles. The van der Waals surface area contributed by atoms with Gasteiger partial charge in [0.1, 0.15) is 0 Å². The van der Waals surface area contributed by atoms with Crippen LogP contribution in [-0.4, -0.2) is 44.3 Å². The molecule has 20 heavy (non-hydrogen) atoms. The highest BCUT2D eigenvalue weighted by Crippen LogP contribution is 2.18. The Hall–Kier alpha value is -0.900. The van der Waals surface area contributed by atoms with Gasteiger partial charge in [-0.1, -0.05) is 31.2 Å². The van der Waals surface area contributed by atoms with Crippen LogP contribution in [0.2, 0.25) is 0 Å². The van der Waals surface area contributed by atoms with E-state index in [1.54, 1.807) is 7.11 Å². The fourth-order valence-corrected chi connectivity index (χ4v) is 2.96. The van der Waals surface area contributed by atoms with E-state index in [1.807, 2.05) is 0 Å². The van der Waals surface area contributed by atoms with Crippen LogP contribution >= 0.6 is 0 Å². The van der Waals surface area contributed by atoms with E-state index in [9.17, 15) is 0 Å². The predicted molar refractivity (Wildman–Crippen MR) is 84.0 cm³/mol. The summed E-state index contributed by atoms with van der Waals surface area (Å²) < 4.78 is 5.35. The number of hydrogen-bond donors (Lipinski definition) is 1. The molecule has 0 spiro atoms. The largest absolute Gasteiger partial charge is 0.383 e. The van der Waals surface area contributed by atoms with Crippen molar-refractivity contribution in [1.82, 2.24) is 10.2 Å². The Labute approximate surface area is 123 Å². The molecule has 0 aromatic heterocycles. The van der Waals surface area contributed by atoms with Crippen molar-refractivity contribution in [3.63, 3.8) is 0 Å². The molecule has 0 fully saturated rings. The average Bonchev–Trinajstić information content (AvgIpc) is 2.66. The van der Waals surface area contributed by atoms with Gasteiger partial charge < -0.3 is 10.1 Å². The number of hydrogen-bond acceptors (Lipinski definition) is 3. The van der Waals surface area contributed by atoms with Crippen LogP contribution in [0.4, 0.5) is 0 Å². The SMILES string of the molecule is CCCNC(COC)CN1CCCc2ccccc2C1. The summed E-state index contributed by atoms with van der Waals surface area (Å²) in [6.07, 6.45) is 3.64. The third-order valence-corrected chi connectivity index (χ3v) is 3.96. The molecule has 0 aliphatic carbocycles. The lowest BCUT2D eigenvalue weighted by molar-refractivity contribution is 0.136. The zero-order chi connectivity index (χ0) is 14.2. The summed E-state index contributed by atoms with van der Waals surface area (Å²) in [5.74, 6) is 0. The van der Waals surface area contributed by atoms with Crippen LogP contribution in [0.1, 0.15) is 30.9 Å². The number of fused-ring (bicyclic) bond motifs is 1. The van der Waals surface area contributed by atoms with E-state index in [4.69, 9.17) is 4.74 Å². The van der Waals surface area contributed by atoms with Crippen molar-refractivity contribution in [2.24, 2.45) is 0 Å². The monoisotopic (exact) mass is 276 g/mol. The molecule has 1 heterocycles.